The van der Waals surface area contributed by atoms with Crippen LogP contribution in [-0.4, -0.2) is 11.6 Å². The molecule has 2 N–H and O–H groups in total. The number of hydrogen-bond donors (Lipinski definition) is 1. The summed E-state index contributed by atoms with van der Waals surface area (Å²) in [5, 5.41) is 0.994. The summed E-state index contributed by atoms with van der Waals surface area (Å²) in [7, 11) is 0. The smallest absolute Gasteiger partial charge is 0.140 e. The molecule has 0 spiro atoms. The van der Waals surface area contributed by atoms with E-state index in [0.29, 0.717) is 13.2 Å². The fourth-order valence-corrected chi connectivity index (χ4v) is 2.90. The second kappa shape index (κ2) is 4.83. The summed E-state index contributed by atoms with van der Waals surface area (Å²) in [5.41, 5.74) is 8.03. The molecule has 0 aliphatic carbocycles. The molecule has 0 bridgehead atoms. The largest absolute Gasteiger partial charge is 0.491 e. The first kappa shape index (κ1) is 12.4. The fraction of sp³-hybridized carbons (Fsp3) is 0.357. The lowest BCUT2D eigenvalue weighted by atomic mass is 10.1. The molecule has 0 radical (unpaired) electrons. The van der Waals surface area contributed by atoms with Gasteiger partial charge in [-0.1, -0.05) is 0 Å². The van der Waals surface area contributed by atoms with E-state index < -0.39 is 0 Å². The Morgan fingerprint density at radius 3 is 3.05 bits per heavy atom. The second-order valence-corrected chi connectivity index (χ2v) is 5.94. The summed E-state index contributed by atoms with van der Waals surface area (Å²) in [6.07, 6.45) is 0. The van der Waals surface area contributed by atoms with E-state index in [0.717, 1.165) is 27.8 Å². The number of ether oxygens (including phenoxy) is 2. The van der Waals surface area contributed by atoms with E-state index in [-0.39, 0.29) is 6.04 Å². The first-order valence-electron chi connectivity index (χ1n) is 6.21. The van der Waals surface area contributed by atoms with Gasteiger partial charge < -0.3 is 15.2 Å². The SMILES string of the molecule is Cc1nc(COc2ccc3c(c2)OCC3N)sc1C. The highest BCUT2D eigenvalue weighted by Crippen LogP contribution is 2.34. The van der Waals surface area contributed by atoms with E-state index in [1.807, 2.05) is 25.1 Å². The normalized spacial score (nSPS) is 17.1. The third-order valence-electron chi connectivity index (χ3n) is 3.24. The van der Waals surface area contributed by atoms with Gasteiger partial charge in [0.05, 0.1) is 11.7 Å². The average Bonchev–Trinajstić information content (AvgIpc) is 2.91. The van der Waals surface area contributed by atoms with E-state index in [9.17, 15) is 0 Å². The monoisotopic (exact) mass is 276 g/mol. The minimum absolute atomic E-state index is 0.0201. The Labute approximate surface area is 116 Å². The zero-order chi connectivity index (χ0) is 13.4. The number of nitrogens with zero attached hydrogens (tertiary/aromatic N) is 1. The molecule has 1 aromatic heterocycles. The van der Waals surface area contributed by atoms with Gasteiger partial charge in [0.1, 0.15) is 29.7 Å². The molecule has 5 heteroatoms. The standard InChI is InChI=1S/C14H16N2O2S/c1-8-9(2)19-14(16-8)7-17-10-3-4-11-12(15)6-18-13(11)5-10/h3-5,12H,6-7,15H2,1-2H3. The maximum atomic E-state index is 5.91. The number of hydrogen-bond acceptors (Lipinski definition) is 5. The molecule has 100 valence electrons. The summed E-state index contributed by atoms with van der Waals surface area (Å²) in [6, 6.07) is 5.78. The van der Waals surface area contributed by atoms with Crippen LogP contribution in [0.1, 0.15) is 27.2 Å². The molecule has 2 heterocycles. The molecule has 4 nitrogen and oxygen atoms in total. The highest BCUT2D eigenvalue weighted by Gasteiger charge is 2.20. The van der Waals surface area contributed by atoms with E-state index in [2.05, 4.69) is 11.9 Å². The van der Waals surface area contributed by atoms with Crippen molar-refractivity contribution in [2.24, 2.45) is 5.73 Å². The summed E-state index contributed by atoms with van der Waals surface area (Å²) < 4.78 is 11.3. The molecule has 2 aromatic rings. The molecular formula is C14H16N2O2S. The Hall–Kier alpha value is -1.59. The summed E-state index contributed by atoms with van der Waals surface area (Å²) in [6.45, 7) is 5.12. The highest BCUT2D eigenvalue weighted by atomic mass is 32.1. The van der Waals surface area contributed by atoms with Gasteiger partial charge in [0.2, 0.25) is 0 Å². The number of thiazole rings is 1. The van der Waals surface area contributed by atoms with Crippen LogP contribution in [-0.2, 0) is 6.61 Å². The van der Waals surface area contributed by atoms with Gasteiger partial charge in [0.15, 0.2) is 0 Å². The number of rotatable bonds is 3. The predicted octanol–water partition coefficient (Wildman–Crippen LogP) is 2.73. The molecule has 0 amide bonds. The van der Waals surface area contributed by atoms with Crippen molar-refractivity contribution in [3.63, 3.8) is 0 Å². The molecule has 0 saturated heterocycles. The molecular weight excluding hydrogens is 260 g/mol. The van der Waals surface area contributed by atoms with E-state index >= 15 is 0 Å². The Morgan fingerprint density at radius 1 is 1.47 bits per heavy atom. The molecule has 1 aromatic carbocycles. The molecule has 1 aliphatic heterocycles. The minimum atomic E-state index is -0.0201. The second-order valence-electron chi connectivity index (χ2n) is 4.66. The lowest BCUT2D eigenvalue weighted by Gasteiger charge is -2.06. The summed E-state index contributed by atoms with van der Waals surface area (Å²) >= 11 is 1.67. The van der Waals surface area contributed by atoms with Gasteiger partial charge >= 0.3 is 0 Å². The van der Waals surface area contributed by atoms with Gasteiger partial charge in [0.25, 0.3) is 0 Å². The molecule has 0 saturated carbocycles. The van der Waals surface area contributed by atoms with Crippen molar-refractivity contribution in [2.45, 2.75) is 26.5 Å². The average molecular weight is 276 g/mol. The predicted molar refractivity (Wildman–Crippen MR) is 74.8 cm³/mol. The Bertz CT molecular complexity index is 590. The van der Waals surface area contributed by atoms with Gasteiger partial charge in [-0.3, -0.25) is 0 Å². The quantitative estimate of drug-likeness (QED) is 0.936. The van der Waals surface area contributed by atoms with Crippen LogP contribution in [0.4, 0.5) is 0 Å². The van der Waals surface area contributed by atoms with E-state index in [1.165, 1.54) is 4.88 Å². The lowest BCUT2D eigenvalue weighted by molar-refractivity contribution is 0.300. The van der Waals surface area contributed by atoms with Crippen LogP contribution in [0, 0.1) is 13.8 Å². The van der Waals surface area contributed by atoms with Crippen LogP contribution in [0.3, 0.4) is 0 Å². The van der Waals surface area contributed by atoms with Crippen molar-refractivity contribution in [2.75, 3.05) is 6.61 Å². The van der Waals surface area contributed by atoms with Crippen molar-refractivity contribution < 1.29 is 9.47 Å². The van der Waals surface area contributed by atoms with Crippen LogP contribution in [0.2, 0.25) is 0 Å². The van der Waals surface area contributed by atoms with Crippen molar-refractivity contribution in [3.05, 3.63) is 39.3 Å². The van der Waals surface area contributed by atoms with Gasteiger partial charge in [-0.25, -0.2) is 4.98 Å². The minimum Gasteiger partial charge on any atom is -0.491 e. The van der Waals surface area contributed by atoms with Crippen LogP contribution in [0.25, 0.3) is 0 Å². The summed E-state index contributed by atoms with van der Waals surface area (Å²) in [5.74, 6) is 1.62. The maximum Gasteiger partial charge on any atom is 0.140 e. The Morgan fingerprint density at radius 2 is 2.32 bits per heavy atom. The molecule has 1 unspecified atom stereocenters. The Balaban J connectivity index is 1.71. The first-order chi connectivity index (χ1) is 9.13. The number of nitrogens with two attached hydrogens (primary N) is 1. The zero-order valence-electron chi connectivity index (χ0n) is 11.0. The van der Waals surface area contributed by atoms with Crippen LogP contribution >= 0.6 is 11.3 Å². The lowest BCUT2D eigenvalue weighted by Crippen LogP contribution is -2.10. The third-order valence-corrected chi connectivity index (χ3v) is 4.28. The van der Waals surface area contributed by atoms with Crippen molar-refractivity contribution in [1.82, 2.24) is 4.98 Å². The van der Waals surface area contributed by atoms with Crippen LogP contribution in [0.5, 0.6) is 11.5 Å². The maximum absolute atomic E-state index is 5.91. The topological polar surface area (TPSA) is 57.4 Å². The number of fused-ring (bicyclic) bond motifs is 1. The fourth-order valence-electron chi connectivity index (χ4n) is 2.05. The van der Waals surface area contributed by atoms with E-state index in [1.54, 1.807) is 11.3 Å². The van der Waals surface area contributed by atoms with Gasteiger partial charge in [-0.15, -0.1) is 11.3 Å². The van der Waals surface area contributed by atoms with Gasteiger partial charge in [0, 0.05) is 16.5 Å². The van der Waals surface area contributed by atoms with Crippen molar-refractivity contribution >= 4 is 11.3 Å². The van der Waals surface area contributed by atoms with Crippen molar-refractivity contribution in [3.8, 4) is 11.5 Å². The molecule has 1 aliphatic rings. The Kier molecular flexibility index (Phi) is 3.16. The summed E-state index contributed by atoms with van der Waals surface area (Å²) in [4.78, 5) is 5.69. The molecule has 19 heavy (non-hydrogen) atoms. The number of benzene rings is 1. The number of aryl methyl sites for hydroxylation is 2. The van der Waals surface area contributed by atoms with Crippen LogP contribution in [0.15, 0.2) is 18.2 Å². The molecule has 0 fully saturated rings. The van der Waals surface area contributed by atoms with Gasteiger partial charge in [-0.05, 0) is 26.0 Å². The van der Waals surface area contributed by atoms with Gasteiger partial charge in [-0.2, -0.15) is 0 Å². The zero-order valence-corrected chi connectivity index (χ0v) is 11.8. The van der Waals surface area contributed by atoms with Crippen LogP contribution < -0.4 is 15.2 Å². The molecule has 1 atom stereocenters. The highest BCUT2D eigenvalue weighted by molar-refractivity contribution is 7.11. The number of aromatic nitrogens is 1. The first-order valence-corrected chi connectivity index (χ1v) is 7.03. The van der Waals surface area contributed by atoms with E-state index in [4.69, 9.17) is 15.2 Å². The molecule has 3 rings (SSSR count). The van der Waals surface area contributed by atoms with Crippen molar-refractivity contribution in [1.29, 1.82) is 0 Å². The third kappa shape index (κ3) is 2.43.